The molecule has 4 aromatic rings. The highest BCUT2D eigenvalue weighted by molar-refractivity contribution is 7.90. The fraction of sp³-hybridized carbons (Fsp3) is 0.444. The summed E-state index contributed by atoms with van der Waals surface area (Å²) in [6.07, 6.45) is 2.05. The van der Waals surface area contributed by atoms with Crippen LogP contribution in [0.1, 0.15) is 100 Å². The standard InChI is InChI=1S/C45H60N6O6S/c1-27-28(2)40(29(3)36-22-23-45(8,9)57-39(27)36)58(54,55)50-43(48)49-24-12-15-38(41(47)52)51(30(4)33-19-18-32-13-10-11-14-34(32)26-33)42(53)37(46)25-31-16-20-35(21-17-31)56-44(5,6)7/h10-11,13-14,16-21,26,30,37-38H,12,15,22-25,46H2,1-9H3,(H2,47,52)(H3,48,49,50)/t30-,37+,38+/m1/s1. The van der Waals surface area contributed by atoms with Gasteiger partial charge in [0.15, 0.2) is 0 Å². The van der Waals surface area contributed by atoms with Crippen LogP contribution >= 0.6 is 0 Å². The number of ether oxygens (including phenoxy) is 2. The van der Waals surface area contributed by atoms with E-state index in [9.17, 15) is 18.0 Å². The first-order chi connectivity index (χ1) is 27.1. The minimum Gasteiger partial charge on any atom is -0.488 e. The molecular formula is C45H60N6O6S. The summed E-state index contributed by atoms with van der Waals surface area (Å²) in [6.45, 7) is 17.3. The molecule has 13 heteroatoms. The van der Waals surface area contributed by atoms with Crippen molar-refractivity contribution in [1.82, 2.24) is 9.62 Å². The fourth-order valence-corrected chi connectivity index (χ4v) is 9.22. The van der Waals surface area contributed by atoms with Gasteiger partial charge in [0, 0.05) is 6.54 Å². The number of amides is 2. The van der Waals surface area contributed by atoms with Crippen LogP contribution in [0, 0.1) is 20.8 Å². The highest BCUT2D eigenvalue weighted by atomic mass is 32.2. The van der Waals surface area contributed by atoms with Gasteiger partial charge in [-0.3, -0.25) is 14.6 Å². The van der Waals surface area contributed by atoms with E-state index in [0.717, 1.165) is 45.2 Å². The molecule has 0 aromatic heterocycles. The molecule has 2 amide bonds. The van der Waals surface area contributed by atoms with Crippen LogP contribution in [0.2, 0.25) is 0 Å². The number of carbonyl (C=O) groups is 2. The van der Waals surface area contributed by atoms with Gasteiger partial charge < -0.3 is 31.6 Å². The Morgan fingerprint density at radius 2 is 1.62 bits per heavy atom. The second kappa shape index (κ2) is 17.4. The Balaban J connectivity index is 1.35. The van der Waals surface area contributed by atoms with E-state index in [1.54, 1.807) is 13.8 Å². The number of hydrogen-bond acceptors (Lipinski definition) is 8. The Labute approximate surface area is 343 Å². The number of carbonyl (C=O) groups excluding carboxylic acids is 2. The topological polar surface area (TPSA) is 192 Å². The summed E-state index contributed by atoms with van der Waals surface area (Å²) in [5.41, 5.74) is 22.6. The zero-order valence-electron chi connectivity index (χ0n) is 35.3. The lowest BCUT2D eigenvalue weighted by Crippen LogP contribution is -2.54. The van der Waals surface area contributed by atoms with Gasteiger partial charge in [-0.15, -0.1) is 0 Å². The maximum atomic E-state index is 14.4. The number of fused-ring (bicyclic) bond motifs is 2. The van der Waals surface area contributed by atoms with Gasteiger partial charge in [-0.2, -0.15) is 0 Å². The Bertz CT molecular complexity index is 2300. The van der Waals surface area contributed by atoms with Crippen LogP contribution < -0.4 is 31.4 Å². The van der Waals surface area contributed by atoms with Crippen LogP contribution in [0.4, 0.5) is 0 Å². The van der Waals surface area contributed by atoms with Crippen molar-refractivity contribution in [2.24, 2.45) is 22.2 Å². The summed E-state index contributed by atoms with van der Waals surface area (Å²) in [4.78, 5) is 33.6. The van der Waals surface area contributed by atoms with E-state index in [4.69, 9.17) is 26.7 Å². The van der Waals surface area contributed by atoms with Crippen molar-refractivity contribution in [3.8, 4) is 11.5 Å². The molecule has 7 N–H and O–H groups in total. The molecule has 1 aliphatic heterocycles. The minimum absolute atomic E-state index is 0.0592. The van der Waals surface area contributed by atoms with Gasteiger partial charge in [-0.05, 0) is 157 Å². The van der Waals surface area contributed by atoms with Gasteiger partial charge >= 0.3 is 0 Å². The summed E-state index contributed by atoms with van der Waals surface area (Å²) in [7, 11) is -4.11. The molecule has 0 saturated heterocycles. The van der Waals surface area contributed by atoms with Crippen LogP contribution in [0.25, 0.3) is 10.8 Å². The molecule has 312 valence electrons. The highest BCUT2D eigenvalue weighted by Gasteiger charge is 2.36. The lowest BCUT2D eigenvalue weighted by Gasteiger charge is -2.37. The summed E-state index contributed by atoms with van der Waals surface area (Å²) in [6, 6.07) is 18.6. The second-order valence-corrected chi connectivity index (χ2v) is 18.6. The van der Waals surface area contributed by atoms with Crippen molar-refractivity contribution in [3.05, 3.63) is 100 Å². The number of guanidine groups is 1. The first-order valence-corrected chi connectivity index (χ1v) is 21.3. The molecule has 3 atom stereocenters. The number of sulfonamides is 1. The molecule has 5 rings (SSSR count). The lowest BCUT2D eigenvalue weighted by molar-refractivity contribution is -0.143. The normalized spacial score (nSPS) is 15.8. The predicted octanol–water partition coefficient (Wildman–Crippen LogP) is 6.43. The van der Waals surface area contributed by atoms with E-state index in [-0.39, 0.29) is 47.9 Å². The third-order valence-electron chi connectivity index (χ3n) is 10.8. The molecule has 0 aliphatic carbocycles. The molecule has 58 heavy (non-hydrogen) atoms. The monoisotopic (exact) mass is 812 g/mol. The van der Waals surface area contributed by atoms with Crippen LogP contribution in [0.3, 0.4) is 0 Å². The Hall–Kier alpha value is -5.14. The summed E-state index contributed by atoms with van der Waals surface area (Å²) in [5, 5.41) is 2.02. The van der Waals surface area contributed by atoms with E-state index >= 15 is 0 Å². The molecule has 0 fully saturated rings. The van der Waals surface area contributed by atoms with Crippen molar-refractivity contribution in [2.75, 3.05) is 6.54 Å². The van der Waals surface area contributed by atoms with Crippen LogP contribution in [-0.4, -0.2) is 60.9 Å². The van der Waals surface area contributed by atoms with Crippen LogP contribution in [0.15, 0.2) is 76.6 Å². The molecule has 1 aliphatic rings. The van der Waals surface area contributed by atoms with Gasteiger partial charge in [-0.25, -0.2) is 13.1 Å². The average molecular weight is 813 g/mol. The number of rotatable bonds is 14. The van der Waals surface area contributed by atoms with E-state index in [1.807, 2.05) is 115 Å². The molecule has 0 saturated carbocycles. The van der Waals surface area contributed by atoms with E-state index in [0.29, 0.717) is 23.3 Å². The van der Waals surface area contributed by atoms with Gasteiger partial charge in [-0.1, -0.05) is 48.5 Å². The van der Waals surface area contributed by atoms with Crippen LogP contribution in [-0.2, 0) is 32.5 Å². The van der Waals surface area contributed by atoms with E-state index in [1.165, 1.54) is 4.90 Å². The fourth-order valence-electron chi connectivity index (χ4n) is 7.70. The second-order valence-electron chi connectivity index (χ2n) is 17.0. The summed E-state index contributed by atoms with van der Waals surface area (Å²) in [5.74, 6) is 0.0111. The van der Waals surface area contributed by atoms with Crippen LogP contribution in [0.5, 0.6) is 11.5 Å². The molecule has 1 heterocycles. The predicted molar refractivity (Wildman–Crippen MR) is 230 cm³/mol. The number of aliphatic imine (C=N–C) groups is 1. The number of nitrogens with zero attached hydrogens (tertiary/aromatic N) is 2. The first-order valence-electron chi connectivity index (χ1n) is 19.9. The SMILES string of the molecule is Cc1c(C)c(S(=O)(=O)NC(N)=NCCC[C@@H](C(N)=O)N(C(=O)[C@@H](N)Cc2ccc(OC(C)(C)C)cc2)[C@H](C)c2ccc3ccccc3c2)c(C)c2c1OC(C)(C)CC2. The maximum absolute atomic E-state index is 14.4. The maximum Gasteiger partial charge on any atom is 0.264 e. The minimum atomic E-state index is -4.11. The lowest BCUT2D eigenvalue weighted by atomic mass is 9.88. The quantitative estimate of drug-likeness (QED) is 0.0636. The molecule has 0 bridgehead atoms. The Morgan fingerprint density at radius 3 is 2.26 bits per heavy atom. The zero-order chi connectivity index (χ0) is 42.7. The number of nitrogens with one attached hydrogen (secondary N) is 1. The molecule has 0 unspecified atom stereocenters. The number of nitrogens with two attached hydrogens (primary N) is 3. The third-order valence-corrected chi connectivity index (χ3v) is 12.4. The van der Waals surface area contributed by atoms with E-state index in [2.05, 4.69) is 9.71 Å². The van der Waals surface area contributed by atoms with Gasteiger partial charge in [0.25, 0.3) is 10.0 Å². The summed E-state index contributed by atoms with van der Waals surface area (Å²) < 4.78 is 42.2. The van der Waals surface area contributed by atoms with Gasteiger partial charge in [0.2, 0.25) is 17.8 Å². The van der Waals surface area contributed by atoms with Gasteiger partial charge in [0.1, 0.15) is 28.7 Å². The third kappa shape index (κ3) is 10.3. The highest BCUT2D eigenvalue weighted by Crippen LogP contribution is 2.42. The van der Waals surface area contributed by atoms with Crippen molar-refractivity contribution in [3.63, 3.8) is 0 Å². The smallest absolute Gasteiger partial charge is 0.264 e. The average Bonchev–Trinajstić information content (AvgIpc) is 3.13. The van der Waals surface area contributed by atoms with Crippen molar-refractivity contribution in [1.29, 1.82) is 0 Å². The van der Waals surface area contributed by atoms with E-state index < -0.39 is 40.0 Å². The molecule has 12 nitrogen and oxygen atoms in total. The summed E-state index contributed by atoms with van der Waals surface area (Å²) >= 11 is 0. The number of benzene rings is 4. The Morgan fingerprint density at radius 1 is 0.966 bits per heavy atom. The van der Waals surface area contributed by atoms with Gasteiger partial charge in [0.05, 0.1) is 17.0 Å². The molecule has 0 radical (unpaired) electrons. The largest absolute Gasteiger partial charge is 0.488 e. The molecular weight excluding hydrogens is 753 g/mol. The number of primary amides is 1. The molecule has 4 aromatic carbocycles. The van der Waals surface area contributed by atoms with Crippen molar-refractivity contribution in [2.45, 2.75) is 129 Å². The Kier molecular flexibility index (Phi) is 13.2. The first kappa shape index (κ1) is 44.0. The molecule has 0 spiro atoms. The van der Waals surface area contributed by atoms with Crippen molar-refractivity contribution < 1.29 is 27.5 Å². The van der Waals surface area contributed by atoms with Crippen molar-refractivity contribution >= 4 is 38.6 Å². The number of hydrogen-bond donors (Lipinski definition) is 4. The zero-order valence-corrected chi connectivity index (χ0v) is 36.1.